The smallest absolute Gasteiger partial charge is 0.222 e. The fourth-order valence-electron chi connectivity index (χ4n) is 1.90. The molecule has 0 aliphatic rings. The zero-order chi connectivity index (χ0) is 14.5. The van der Waals surface area contributed by atoms with Gasteiger partial charge in [0, 0.05) is 7.05 Å². The molecule has 0 bridgehead atoms. The lowest BCUT2D eigenvalue weighted by Gasteiger charge is -2.09. The van der Waals surface area contributed by atoms with Gasteiger partial charge in [-0.05, 0) is 19.1 Å². The molecular formula is C14H17N3O2S. The Labute approximate surface area is 123 Å². The van der Waals surface area contributed by atoms with Crippen LogP contribution >= 0.6 is 12.2 Å². The molecule has 0 fully saturated rings. The molecule has 0 aliphatic heterocycles. The monoisotopic (exact) mass is 291 g/mol. The molecule has 1 aromatic carbocycles. The number of ether oxygens (including phenoxy) is 2. The van der Waals surface area contributed by atoms with Gasteiger partial charge in [0.1, 0.15) is 24.0 Å². The summed E-state index contributed by atoms with van der Waals surface area (Å²) in [5.74, 6) is 1.39. The standard InChI is InChI=1S/C14H17N3O2S/c1-10-12(13(15)20)14(17(2)16-10)19-9-8-18-11-6-4-3-5-7-11/h3-7H,8-9H2,1-2H3,(H2,15,20). The van der Waals surface area contributed by atoms with Crippen molar-refractivity contribution in [1.82, 2.24) is 9.78 Å². The summed E-state index contributed by atoms with van der Waals surface area (Å²) in [4.78, 5) is 0.287. The molecule has 0 aliphatic carbocycles. The average molecular weight is 291 g/mol. The number of para-hydroxylation sites is 1. The third kappa shape index (κ3) is 3.27. The van der Waals surface area contributed by atoms with E-state index >= 15 is 0 Å². The lowest BCUT2D eigenvalue weighted by molar-refractivity contribution is 0.206. The summed E-state index contributed by atoms with van der Waals surface area (Å²) < 4.78 is 12.9. The number of thiocarbonyl (C=S) groups is 1. The summed E-state index contributed by atoms with van der Waals surface area (Å²) in [6.45, 7) is 2.68. The molecule has 1 heterocycles. The number of hydrogen-bond donors (Lipinski definition) is 1. The highest BCUT2D eigenvalue weighted by Gasteiger charge is 2.16. The van der Waals surface area contributed by atoms with Crippen LogP contribution in [0.1, 0.15) is 11.3 Å². The molecular weight excluding hydrogens is 274 g/mol. The van der Waals surface area contributed by atoms with Crippen LogP contribution in [0.2, 0.25) is 0 Å². The third-order valence-electron chi connectivity index (χ3n) is 2.75. The number of aryl methyl sites for hydroxylation is 2. The number of nitrogens with zero attached hydrogens (tertiary/aromatic N) is 2. The van der Waals surface area contributed by atoms with Crippen molar-refractivity contribution < 1.29 is 9.47 Å². The van der Waals surface area contributed by atoms with Crippen LogP contribution < -0.4 is 15.2 Å². The highest BCUT2D eigenvalue weighted by molar-refractivity contribution is 7.80. The first-order chi connectivity index (χ1) is 9.59. The van der Waals surface area contributed by atoms with E-state index in [2.05, 4.69) is 5.10 Å². The van der Waals surface area contributed by atoms with Crippen molar-refractivity contribution in [2.45, 2.75) is 6.92 Å². The Morgan fingerprint density at radius 1 is 1.25 bits per heavy atom. The molecule has 0 unspecified atom stereocenters. The molecule has 2 N–H and O–H groups in total. The van der Waals surface area contributed by atoms with Crippen LogP contribution in [-0.4, -0.2) is 28.0 Å². The fourth-order valence-corrected chi connectivity index (χ4v) is 2.14. The highest BCUT2D eigenvalue weighted by atomic mass is 32.1. The van der Waals surface area contributed by atoms with Crippen molar-refractivity contribution in [3.05, 3.63) is 41.6 Å². The maximum absolute atomic E-state index is 5.69. The maximum atomic E-state index is 5.69. The Morgan fingerprint density at radius 2 is 1.90 bits per heavy atom. The molecule has 1 aromatic heterocycles. The van der Waals surface area contributed by atoms with E-state index in [1.807, 2.05) is 37.3 Å². The van der Waals surface area contributed by atoms with E-state index in [-0.39, 0.29) is 4.99 Å². The van der Waals surface area contributed by atoms with Gasteiger partial charge in [-0.15, -0.1) is 0 Å². The Morgan fingerprint density at radius 3 is 2.55 bits per heavy atom. The number of benzene rings is 1. The van der Waals surface area contributed by atoms with Crippen molar-refractivity contribution in [3.8, 4) is 11.6 Å². The Kier molecular flexibility index (Phi) is 4.57. The molecule has 0 spiro atoms. The number of rotatable bonds is 6. The van der Waals surface area contributed by atoms with Gasteiger partial charge in [-0.1, -0.05) is 30.4 Å². The summed E-state index contributed by atoms with van der Waals surface area (Å²) in [6.07, 6.45) is 0. The van der Waals surface area contributed by atoms with Crippen LogP contribution in [0.25, 0.3) is 0 Å². The predicted molar refractivity (Wildman–Crippen MR) is 81.3 cm³/mol. The predicted octanol–water partition coefficient (Wildman–Crippen LogP) is 1.82. The summed E-state index contributed by atoms with van der Waals surface area (Å²) in [5.41, 5.74) is 7.14. The second-order valence-corrected chi connectivity index (χ2v) is 4.70. The summed E-state index contributed by atoms with van der Waals surface area (Å²) in [7, 11) is 1.79. The molecule has 0 saturated heterocycles. The molecule has 5 nitrogen and oxygen atoms in total. The molecule has 0 atom stereocenters. The van der Waals surface area contributed by atoms with Crippen LogP contribution in [-0.2, 0) is 7.05 Å². The first-order valence-electron chi connectivity index (χ1n) is 6.23. The van der Waals surface area contributed by atoms with Gasteiger partial charge in [0.2, 0.25) is 5.88 Å². The van der Waals surface area contributed by atoms with Gasteiger partial charge in [0.05, 0.1) is 11.3 Å². The van der Waals surface area contributed by atoms with Crippen molar-refractivity contribution in [3.63, 3.8) is 0 Å². The second kappa shape index (κ2) is 6.38. The van der Waals surface area contributed by atoms with Gasteiger partial charge in [0.25, 0.3) is 0 Å². The molecule has 2 rings (SSSR count). The molecule has 0 saturated carbocycles. The van der Waals surface area contributed by atoms with E-state index in [1.165, 1.54) is 0 Å². The minimum atomic E-state index is 0.287. The first kappa shape index (κ1) is 14.3. The van der Waals surface area contributed by atoms with Crippen LogP contribution in [0, 0.1) is 6.92 Å². The van der Waals surface area contributed by atoms with Gasteiger partial charge in [-0.25, -0.2) is 4.68 Å². The van der Waals surface area contributed by atoms with Crippen molar-refractivity contribution in [2.24, 2.45) is 12.8 Å². The normalized spacial score (nSPS) is 10.3. The topological polar surface area (TPSA) is 62.3 Å². The largest absolute Gasteiger partial charge is 0.490 e. The van der Waals surface area contributed by atoms with Gasteiger partial charge < -0.3 is 15.2 Å². The first-order valence-corrected chi connectivity index (χ1v) is 6.64. The minimum absolute atomic E-state index is 0.287. The number of nitrogens with two attached hydrogens (primary N) is 1. The van der Waals surface area contributed by atoms with Crippen molar-refractivity contribution in [1.29, 1.82) is 0 Å². The van der Waals surface area contributed by atoms with Gasteiger partial charge in [-0.2, -0.15) is 5.10 Å². The van der Waals surface area contributed by atoms with Crippen molar-refractivity contribution in [2.75, 3.05) is 13.2 Å². The quantitative estimate of drug-likeness (QED) is 0.650. The van der Waals surface area contributed by atoms with Crippen LogP contribution in [0.4, 0.5) is 0 Å². The fraction of sp³-hybridized carbons (Fsp3) is 0.286. The van der Waals surface area contributed by atoms with Crippen LogP contribution in [0.3, 0.4) is 0 Å². The van der Waals surface area contributed by atoms with Gasteiger partial charge in [0.15, 0.2) is 0 Å². The SMILES string of the molecule is Cc1nn(C)c(OCCOc2ccccc2)c1C(N)=S. The molecule has 20 heavy (non-hydrogen) atoms. The number of hydrogen-bond acceptors (Lipinski definition) is 4. The molecule has 106 valence electrons. The van der Waals surface area contributed by atoms with Crippen LogP contribution in [0.15, 0.2) is 30.3 Å². The lowest BCUT2D eigenvalue weighted by Crippen LogP contribution is -2.15. The molecule has 6 heteroatoms. The summed E-state index contributed by atoms with van der Waals surface area (Å²) >= 11 is 5.02. The van der Waals surface area contributed by atoms with E-state index in [9.17, 15) is 0 Å². The van der Waals surface area contributed by atoms with E-state index in [0.29, 0.717) is 24.7 Å². The maximum Gasteiger partial charge on any atom is 0.222 e. The van der Waals surface area contributed by atoms with E-state index in [0.717, 1.165) is 11.4 Å². The summed E-state index contributed by atoms with van der Waals surface area (Å²) in [5, 5.41) is 4.25. The zero-order valence-electron chi connectivity index (χ0n) is 11.5. The lowest BCUT2D eigenvalue weighted by atomic mass is 10.2. The second-order valence-electron chi connectivity index (χ2n) is 4.26. The Bertz CT molecular complexity index is 596. The molecule has 0 radical (unpaired) electrons. The Balaban J connectivity index is 1.93. The summed E-state index contributed by atoms with van der Waals surface area (Å²) in [6, 6.07) is 9.58. The minimum Gasteiger partial charge on any atom is -0.490 e. The Hall–Kier alpha value is -2.08. The molecule has 0 amide bonds. The van der Waals surface area contributed by atoms with Gasteiger partial charge >= 0.3 is 0 Å². The highest BCUT2D eigenvalue weighted by Crippen LogP contribution is 2.21. The third-order valence-corrected chi connectivity index (χ3v) is 2.95. The molecule has 2 aromatic rings. The van der Waals surface area contributed by atoms with E-state index in [1.54, 1.807) is 11.7 Å². The van der Waals surface area contributed by atoms with Crippen LogP contribution in [0.5, 0.6) is 11.6 Å². The van der Waals surface area contributed by atoms with E-state index in [4.69, 9.17) is 27.4 Å². The average Bonchev–Trinajstić information content (AvgIpc) is 2.70. The van der Waals surface area contributed by atoms with Crippen molar-refractivity contribution >= 4 is 17.2 Å². The number of aromatic nitrogens is 2. The van der Waals surface area contributed by atoms with Gasteiger partial charge in [-0.3, -0.25) is 0 Å². The van der Waals surface area contributed by atoms with E-state index < -0.39 is 0 Å². The zero-order valence-corrected chi connectivity index (χ0v) is 12.3.